The lowest BCUT2D eigenvalue weighted by Gasteiger charge is -2.27. The predicted octanol–water partition coefficient (Wildman–Crippen LogP) is 3.49. The van der Waals surface area contributed by atoms with E-state index in [0.717, 1.165) is 10.0 Å². The average Bonchev–Trinajstić information content (AvgIpc) is 3.28. The first-order chi connectivity index (χ1) is 12.8. The summed E-state index contributed by atoms with van der Waals surface area (Å²) in [5.41, 5.74) is 0.354. The van der Waals surface area contributed by atoms with Gasteiger partial charge in [-0.25, -0.2) is 0 Å². The topological polar surface area (TPSA) is 55.8 Å². The fraction of sp³-hybridized carbons (Fsp3) is 0.524. The molecule has 3 aliphatic rings. The van der Waals surface area contributed by atoms with Crippen molar-refractivity contribution >= 4 is 27.8 Å². The first-order valence-corrected chi connectivity index (χ1v) is 10.2. The van der Waals surface area contributed by atoms with Crippen LogP contribution in [0.4, 0.5) is 0 Å². The van der Waals surface area contributed by atoms with E-state index in [2.05, 4.69) is 15.9 Å². The van der Waals surface area contributed by atoms with Crippen molar-refractivity contribution in [2.24, 2.45) is 17.8 Å². The number of amides is 1. The quantitative estimate of drug-likeness (QED) is 0.526. The number of nitrogens with zero attached hydrogens (tertiary/aromatic N) is 1. The van der Waals surface area contributed by atoms with Crippen molar-refractivity contribution in [2.45, 2.75) is 38.5 Å². The number of carbonyl (C=O) groups is 2. The molecule has 6 heteroatoms. The molecular weight excluding hydrogens is 410 g/mol. The molecule has 1 aromatic rings. The summed E-state index contributed by atoms with van der Waals surface area (Å²) < 4.78 is 12.6. The van der Waals surface area contributed by atoms with Crippen LogP contribution < -0.4 is 0 Å². The van der Waals surface area contributed by atoms with Gasteiger partial charge in [-0.1, -0.05) is 54.1 Å². The second-order valence-electron chi connectivity index (χ2n) is 8.12. The van der Waals surface area contributed by atoms with Crippen molar-refractivity contribution in [3.05, 3.63) is 46.5 Å². The largest absolute Gasteiger partial charge is 0.465 e. The molecule has 3 heterocycles. The van der Waals surface area contributed by atoms with Crippen LogP contribution in [0.3, 0.4) is 0 Å². The molecule has 0 unspecified atom stereocenters. The summed E-state index contributed by atoms with van der Waals surface area (Å²) in [6, 6.07) is 7.88. The van der Waals surface area contributed by atoms with Gasteiger partial charge in [-0.2, -0.15) is 0 Å². The number of likely N-dealkylation sites (tertiary alicyclic amines) is 1. The van der Waals surface area contributed by atoms with Crippen LogP contribution >= 0.6 is 15.9 Å². The average molecular weight is 434 g/mol. The Morgan fingerprint density at radius 2 is 2.04 bits per heavy atom. The molecule has 0 N–H and O–H groups in total. The van der Waals surface area contributed by atoms with Crippen LogP contribution in [0.1, 0.15) is 32.4 Å². The predicted molar refractivity (Wildman–Crippen MR) is 104 cm³/mol. The fourth-order valence-corrected chi connectivity index (χ4v) is 4.66. The molecule has 1 spiro atoms. The molecule has 2 saturated heterocycles. The molecule has 0 saturated carbocycles. The third-order valence-corrected chi connectivity index (χ3v) is 6.31. The van der Waals surface area contributed by atoms with E-state index in [0.29, 0.717) is 13.2 Å². The molecule has 5 atom stereocenters. The van der Waals surface area contributed by atoms with Gasteiger partial charge < -0.3 is 14.4 Å². The molecule has 2 fully saturated rings. The fourth-order valence-electron chi connectivity index (χ4n) is 4.39. The molecule has 2 bridgehead atoms. The summed E-state index contributed by atoms with van der Waals surface area (Å²) in [7, 11) is 0. The third kappa shape index (κ3) is 3.03. The Bertz CT molecular complexity index is 790. The minimum absolute atomic E-state index is 0.0243. The number of hydrogen-bond donors (Lipinski definition) is 0. The molecule has 3 aliphatic heterocycles. The van der Waals surface area contributed by atoms with Crippen molar-refractivity contribution in [2.75, 3.05) is 13.2 Å². The number of rotatable bonds is 5. The first-order valence-electron chi connectivity index (χ1n) is 9.42. The zero-order chi connectivity index (χ0) is 19.3. The maximum absolute atomic E-state index is 13.3. The highest BCUT2D eigenvalue weighted by Crippen LogP contribution is 2.53. The van der Waals surface area contributed by atoms with Crippen molar-refractivity contribution < 1.29 is 19.1 Å². The number of fused-ring (bicyclic) bond motifs is 1. The van der Waals surface area contributed by atoms with Gasteiger partial charge in [0.15, 0.2) is 0 Å². The van der Waals surface area contributed by atoms with E-state index in [1.165, 1.54) is 0 Å². The second-order valence-corrected chi connectivity index (χ2v) is 9.03. The van der Waals surface area contributed by atoms with Gasteiger partial charge in [-0.3, -0.25) is 9.59 Å². The van der Waals surface area contributed by atoms with Gasteiger partial charge in [0.25, 0.3) is 0 Å². The summed E-state index contributed by atoms with van der Waals surface area (Å²) in [6.07, 6.45) is 3.53. The molecule has 144 valence electrons. The molecular formula is C21H24BrNO4. The molecule has 27 heavy (non-hydrogen) atoms. The van der Waals surface area contributed by atoms with E-state index >= 15 is 0 Å². The Balaban J connectivity index is 1.57. The molecule has 5 nitrogen and oxygen atoms in total. The van der Waals surface area contributed by atoms with Crippen molar-refractivity contribution in [1.29, 1.82) is 0 Å². The van der Waals surface area contributed by atoms with Gasteiger partial charge in [-0.05, 0) is 30.5 Å². The highest BCUT2D eigenvalue weighted by molar-refractivity contribution is 9.10. The Morgan fingerprint density at radius 1 is 1.33 bits per heavy atom. The van der Waals surface area contributed by atoms with Crippen LogP contribution in [-0.2, 0) is 19.1 Å². The standard InChI is InChI=1S/C21H24BrNO4/c1-12(2)10-26-20(25)17-16-8-9-21(27-16)11-23(19(24)18(17)21)13(3)14-4-6-15(22)7-5-14/h4-9,12-13,16-18H,10-11H2,1-3H3/t13-,16-,17-,18-,21+/m0/s1. The number of ether oxygens (including phenoxy) is 2. The summed E-state index contributed by atoms with van der Waals surface area (Å²) in [6.45, 7) is 6.83. The molecule has 1 amide bonds. The number of halogens is 1. The smallest absolute Gasteiger partial charge is 0.312 e. The van der Waals surface area contributed by atoms with E-state index in [9.17, 15) is 9.59 Å². The second kappa shape index (κ2) is 6.74. The lowest BCUT2D eigenvalue weighted by molar-refractivity contribution is -0.155. The zero-order valence-electron chi connectivity index (χ0n) is 15.7. The van der Waals surface area contributed by atoms with E-state index < -0.39 is 17.4 Å². The summed E-state index contributed by atoms with van der Waals surface area (Å²) in [5, 5.41) is 0. The Hall–Kier alpha value is -1.66. The number of hydrogen-bond acceptors (Lipinski definition) is 4. The maximum atomic E-state index is 13.3. The Labute approximate surface area is 167 Å². The van der Waals surface area contributed by atoms with Crippen LogP contribution in [0.5, 0.6) is 0 Å². The van der Waals surface area contributed by atoms with Crippen LogP contribution in [-0.4, -0.2) is 41.6 Å². The summed E-state index contributed by atoms with van der Waals surface area (Å²) in [5.74, 6) is -1.14. The molecule has 0 aliphatic carbocycles. The highest BCUT2D eigenvalue weighted by Gasteiger charge is 2.67. The van der Waals surface area contributed by atoms with Crippen LogP contribution in [0, 0.1) is 17.8 Å². The Kier molecular flexibility index (Phi) is 4.67. The lowest BCUT2D eigenvalue weighted by atomic mass is 9.77. The highest BCUT2D eigenvalue weighted by atomic mass is 79.9. The SMILES string of the molecule is CC(C)COC(=O)[C@H]1[C@@H]2C=C[C@]3(CN([C@@H](C)c4ccc(Br)cc4)C(=O)[C@H]13)O2. The lowest BCUT2D eigenvalue weighted by Crippen LogP contribution is -2.40. The van der Waals surface area contributed by atoms with Crippen molar-refractivity contribution in [1.82, 2.24) is 4.90 Å². The first kappa shape index (κ1) is 18.7. The van der Waals surface area contributed by atoms with Gasteiger partial charge in [0.1, 0.15) is 11.5 Å². The van der Waals surface area contributed by atoms with Gasteiger partial charge in [-0.15, -0.1) is 0 Å². The number of carbonyl (C=O) groups excluding carboxylic acids is 2. The van der Waals surface area contributed by atoms with Gasteiger partial charge in [0.05, 0.1) is 31.2 Å². The van der Waals surface area contributed by atoms with Gasteiger partial charge in [0.2, 0.25) is 5.91 Å². The van der Waals surface area contributed by atoms with E-state index in [1.54, 1.807) is 0 Å². The number of benzene rings is 1. The molecule has 0 radical (unpaired) electrons. The van der Waals surface area contributed by atoms with Gasteiger partial charge in [0, 0.05) is 4.47 Å². The van der Waals surface area contributed by atoms with Gasteiger partial charge >= 0.3 is 5.97 Å². The number of esters is 1. The van der Waals surface area contributed by atoms with E-state index in [1.807, 2.05) is 62.1 Å². The summed E-state index contributed by atoms with van der Waals surface area (Å²) >= 11 is 3.44. The molecule has 4 rings (SSSR count). The van der Waals surface area contributed by atoms with E-state index in [4.69, 9.17) is 9.47 Å². The van der Waals surface area contributed by atoms with Crippen molar-refractivity contribution in [3.63, 3.8) is 0 Å². The Morgan fingerprint density at radius 3 is 2.70 bits per heavy atom. The minimum Gasteiger partial charge on any atom is -0.465 e. The summed E-state index contributed by atoms with van der Waals surface area (Å²) in [4.78, 5) is 27.8. The van der Waals surface area contributed by atoms with Crippen LogP contribution in [0.15, 0.2) is 40.9 Å². The van der Waals surface area contributed by atoms with Crippen LogP contribution in [0.25, 0.3) is 0 Å². The zero-order valence-corrected chi connectivity index (χ0v) is 17.3. The third-order valence-electron chi connectivity index (χ3n) is 5.78. The van der Waals surface area contributed by atoms with Crippen molar-refractivity contribution in [3.8, 4) is 0 Å². The van der Waals surface area contributed by atoms with Crippen LogP contribution in [0.2, 0.25) is 0 Å². The van der Waals surface area contributed by atoms with E-state index in [-0.39, 0.29) is 29.9 Å². The molecule has 1 aromatic carbocycles. The minimum atomic E-state index is -0.701. The monoisotopic (exact) mass is 433 g/mol. The molecule has 0 aromatic heterocycles. The normalized spacial score (nSPS) is 32.3. The maximum Gasteiger partial charge on any atom is 0.312 e.